The smallest absolute Gasteiger partial charge is 0.265 e. The van der Waals surface area contributed by atoms with Gasteiger partial charge in [-0.25, -0.2) is 4.98 Å². The Bertz CT molecular complexity index is 938. The molecule has 1 amide bonds. The van der Waals surface area contributed by atoms with Gasteiger partial charge < -0.3 is 5.32 Å². The lowest BCUT2D eigenvalue weighted by Gasteiger charge is -2.12. The van der Waals surface area contributed by atoms with Crippen molar-refractivity contribution in [1.82, 2.24) is 9.55 Å². The summed E-state index contributed by atoms with van der Waals surface area (Å²) in [4.78, 5) is 29.6. The topological polar surface area (TPSA) is 64.0 Å². The SMILES string of the molecule is O=C(Nc1ccccc1)c1cc2cccnc2n(CCCCF)c1=O. The maximum absolute atomic E-state index is 12.8. The van der Waals surface area contributed by atoms with Crippen LogP contribution in [0.25, 0.3) is 11.0 Å². The van der Waals surface area contributed by atoms with E-state index >= 15 is 0 Å². The number of hydrogen-bond acceptors (Lipinski definition) is 3. The number of hydrogen-bond donors (Lipinski definition) is 1. The summed E-state index contributed by atoms with van der Waals surface area (Å²) in [6, 6.07) is 14.0. The van der Waals surface area contributed by atoms with Crippen molar-refractivity contribution in [3.8, 4) is 0 Å². The second kappa shape index (κ2) is 7.70. The van der Waals surface area contributed by atoms with Crippen molar-refractivity contribution in [3.05, 3.63) is 70.6 Å². The maximum atomic E-state index is 12.8. The minimum atomic E-state index is -0.471. The van der Waals surface area contributed by atoms with Crippen molar-refractivity contribution >= 4 is 22.6 Å². The number of pyridine rings is 2. The van der Waals surface area contributed by atoms with E-state index in [1.165, 1.54) is 4.57 Å². The van der Waals surface area contributed by atoms with Crippen LogP contribution in [0, 0.1) is 0 Å². The van der Waals surface area contributed by atoms with Crippen LogP contribution >= 0.6 is 0 Å². The van der Waals surface area contributed by atoms with E-state index in [4.69, 9.17) is 0 Å². The Morgan fingerprint density at radius 3 is 2.68 bits per heavy atom. The molecular formula is C19H18FN3O2. The molecule has 0 aliphatic heterocycles. The van der Waals surface area contributed by atoms with Gasteiger partial charge in [0.25, 0.3) is 11.5 Å². The first-order valence-electron chi connectivity index (χ1n) is 8.11. The fourth-order valence-corrected chi connectivity index (χ4v) is 2.66. The standard InChI is InChI=1S/C19H18FN3O2/c20-10-4-5-12-23-17-14(7-6-11-21-17)13-16(19(23)25)18(24)22-15-8-2-1-3-9-15/h1-3,6-9,11,13H,4-5,10,12H2,(H,22,24). The molecule has 0 radical (unpaired) electrons. The number of nitrogens with one attached hydrogen (secondary N) is 1. The summed E-state index contributed by atoms with van der Waals surface area (Å²) in [6.45, 7) is -0.114. The van der Waals surface area contributed by atoms with E-state index in [0.717, 1.165) is 0 Å². The number of aromatic nitrogens is 2. The highest BCUT2D eigenvalue weighted by Crippen LogP contribution is 2.13. The van der Waals surface area contributed by atoms with Crippen LogP contribution in [-0.4, -0.2) is 22.1 Å². The highest BCUT2D eigenvalue weighted by molar-refractivity contribution is 6.05. The Morgan fingerprint density at radius 2 is 1.92 bits per heavy atom. The van der Waals surface area contributed by atoms with Gasteiger partial charge in [0.15, 0.2) is 0 Å². The van der Waals surface area contributed by atoms with E-state index in [1.54, 1.807) is 48.7 Å². The van der Waals surface area contributed by atoms with Gasteiger partial charge in [0.2, 0.25) is 0 Å². The number of carbonyl (C=O) groups excluding carboxylic acids is 1. The van der Waals surface area contributed by atoms with Gasteiger partial charge >= 0.3 is 0 Å². The number of aryl methyl sites for hydroxylation is 1. The fraction of sp³-hybridized carbons (Fsp3) is 0.211. The molecule has 25 heavy (non-hydrogen) atoms. The third kappa shape index (κ3) is 3.74. The molecule has 1 aromatic carbocycles. The molecule has 128 valence electrons. The van der Waals surface area contributed by atoms with Gasteiger partial charge in [0.05, 0.1) is 6.67 Å². The van der Waals surface area contributed by atoms with Crippen molar-refractivity contribution < 1.29 is 9.18 Å². The Morgan fingerprint density at radius 1 is 1.12 bits per heavy atom. The molecule has 6 heteroatoms. The summed E-state index contributed by atoms with van der Waals surface area (Å²) >= 11 is 0. The Kier molecular flexibility index (Phi) is 5.18. The largest absolute Gasteiger partial charge is 0.322 e. The zero-order chi connectivity index (χ0) is 17.6. The Labute approximate surface area is 144 Å². The molecule has 3 aromatic rings. The van der Waals surface area contributed by atoms with Crippen LogP contribution in [-0.2, 0) is 6.54 Å². The highest BCUT2D eigenvalue weighted by Gasteiger charge is 2.16. The van der Waals surface area contributed by atoms with Crippen LogP contribution in [0.2, 0.25) is 0 Å². The summed E-state index contributed by atoms with van der Waals surface area (Å²) in [7, 11) is 0. The third-order valence-corrected chi connectivity index (χ3v) is 3.89. The van der Waals surface area contributed by atoms with Gasteiger partial charge in [0, 0.05) is 23.8 Å². The minimum Gasteiger partial charge on any atom is -0.322 e. The number of halogens is 1. The summed E-state index contributed by atoms with van der Waals surface area (Å²) in [6.07, 6.45) is 2.46. The molecule has 5 nitrogen and oxygen atoms in total. The van der Waals surface area contributed by atoms with Gasteiger partial charge in [-0.2, -0.15) is 0 Å². The molecule has 0 spiro atoms. The Hall–Kier alpha value is -3.02. The highest BCUT2D eigenvalue weighted by atomic mass is 19.1. The lowest BCUT2D eigenvalue weighted by Crippen LogP contribution is -2.30. The maximum Gasteiger partial charge on any atom is 0.265 e. The van der Waals surface area contributed by atoms with E-state index < -0.39 is 18.1 Å². The van der Waals surface area contributed by atoms with Crippen molar-refractivity contribution in [1.29, 1.82) is 0 Å². The van der Waals surface area contributed by atoms with Crippen LogP contribution in [0.1, 0.15) is 23.2 Å². The van der Waals surface area contributed by atoms with Crippen LogP contribution in [0.15, 0.2) is 59.5 Å². The normalized spacial score (nSPS) is 10.8. The molecule has 0 fully saturated rings. The van der Waals surface area contributed by atoms with Crippen molar-refractivity contribution in [2.45, 2.75) is 19.4 Å². The molecule has 1 N–H and O–H groups in total. The molecule has 0 aliphatic carbocycles. The van der Waals surface area contributed by atoms with Gasteiger partial charge in [-0.1, -0.05) is 18.2 Å². The van der Waals surface area contributed by atoms with Gasteiger partial charge in [-0.15, -0.1) is 0 Å². The number of para-hydroxylation sites is 1. The molecular weight excluding hydrogens is 321 g/mol. The first-order valence-corrected chi connectivity index (χ1v) is 8.11. The average Bonchev–Trinajstić information content (AvgIpc) is 2.64. The summed E-state index contributed by atoms with van der Waals surface area (Å²) in [5.41, 5.74) is 0.743. The lowest BCUT2D eigenvalue weighted by molar-refractivity contribution is 0.102. The third-order valence-electron chi connectivity index (χ3n) is 3.89. The fourth-order valence-electron chi connectivity index (χ4n) is 2.66. The zero-order valence-corrected chi connectivity index (χ0v) is 13.6. The van der Waals surface area contributed by atoms with Gasteiger partial charge in [-0.05, 0) is 43.2 Å². The summed E-state index contributed by atoms with van der Waals surface area (Å²) < 4.78 is 13.8. The minimum absolute atomic E-state index is 0.0459. The summed E-state index contributed by atoms with van der Waals surface area (Å²) in [5, 5.41) is 3.42. The molecule has 0 aliphatic rings. The monoisotopic (exact) mass is 339 g/mol. The van der Waals surface area contributed by atoms with Crippen molar-refractivity contribution in [2.24, 2.45) is 0 Å². The number of carbonyl (C=O) groups is 1. The zero-order valence-electron chi connectivity index (χ0n) is 13.6. The molecule has 0 atom stereocenters. The predicted octanol–water partition coefficient (Wildman–Crippen LogP) is 3.40. The first-order chi connectivity index (χ1) is 12.2. The predicted molar refractivity (Wildman–Crippen MR) is 95.6 cm³/mol. The number of alkyl halides is 1. The molecule has 2 heterocycles. The number of benzene rings is 1. The molecule has 0 bridgehead atoms. The van der Waals surface area contributed by atoms with Gasteiger partial charge in [-0.3, -0.25) is 18.5 Å². The second-order valence-electron chi connectivity index (χ2n) is 5.65. The summed E-state index contributed by atoms with van der Waals surface area (Å²) in [5.74, 6) is -0.471. The molecule has 3 rings (SSSR count). The van der Waals surface area contributed by atoms with E-state index in [0.29, 0.717) is 36.1 Å². The number of amides is 1. The van der Waals surface area contributed by atoms with E-state index in [1.807, 2.05) is 6.07 Å². The Balaban J connectivity index is 2.01. The molecule has 0 unspecified atom stereocenters. The quantitative estimate of drug-likeness (QED) is 0.700. The van der Waals surface area contributed by atoms with E-state index in [-0.39, 0.29) is 5.56 Å². The number of anilines is 1. The van der Waals surface area contributed by atoms with Crippen LogP contribution in [0.5, 0.6) is 0 Å². The van der Waals surface area contributed by atoms with Crippen LogP contribution < -0.4 is 10.9 Å². The van der Waals surface area contributed by atoms with Crippen LogP contribution in [0.3, 0.4) is 0 Å². The van der Waals surface area contributed by atoms with E-state index in [9.17, 15) is 14.0 Å². The first kappa shape index (κ1) is 16.8. The number of rotatable bonds is 6. The molecule has 0 saturated heterocycles. The van der Waals surface area contributed by atoms with Gasteiger partial charge in [0.1, 0.15) is 11.2 Å². The van der Waals surface area contributed by atoms with E-state index in [2.05, 4.69) is 10.3 Å². The molecule has 2 aromatic heterocycles. The average molecular weight is 339 g/mol. The second-order valence-corrected chi connectivity index (χ2v) is 5.65. The van der Waals surface area contributed by atoms with Crippen molar-refractivity contribution in [2.75, 3.05) is 12.0 Å². The number of fused-ring (bicyclic) bond motifs is 1. The molecule has 0 saturated carbocycles. The van der Waals surface area contributed by atoms with Crippen LogP contribution in [0.4, 0.5) is 10.1 Å². The number of nitrogens with zero attached hydrogens (tertiary/aromatic N) is 2. The lowest BCUT2D eigenvalue weighted by atomic mass is 10.1. The number of unbranched alkanes of at least 4 members (excludes halogenated alkanes) is 1. The van der Waals surface area contributed by atoms with Crippen molar-refractivity contribution in [3.63, 3.8) is 0 Å².